The molecule has 0 aromatic carbocycles. The van der Waals surface area contributed by atoms with Crippen molar-refractivity contribution >= 4 is 35.1 Å². The Balaban J connectivity index is 2.70. The first-order valence-electron chi connectivity index (χ1n) is 4.46. The lowest BCUT2D eigenvalue weighted by Gasteiger charge is -2.19. The summed E-state index contributed by atoms with van der Waals surface area (Å²) < 4.78 is 5.02. The minimum absolute atomic E-state index is 0.0124. The van der Waals surface area contributed by atoms with Crippen LogP contribution in [0.3, 0.4) is 0 Å². The molecule has 1 aromatic rings. The average Bonchev–Trinajstić information content (AvgIpc) is 2.06. The molecule has 0 saturated heterocycles. The highest BCUT2D eigenvalue weighted by Gasteiger charge is 2.17. The number of hydrogen-bond donors (Lipinski definition) is 1. The van der Waals surface area contributed by atoms with Crippen LogP contribution < -0.4 is 5.32 Å². The van der Waals surface area contributed by atoms with Gasteiger partial charge in [-0.3, -0.25) is 5.32 Å². The number of anilines is 1. The van der Waals surface area contributed by atoms with Crippen LogP contribution in [0.15, 0.2) is 6.20 Å². The van der Waals surface area contributed by atoms with Gasteiger partial charge in [-0.05, 0) is 20.8 Å². The number of carbonyl (C=O) groups excluding carboxylic acids is 1. The highest BCUT2D eigenvalue weighted by molar-refractivity contribution is 6.34. The molecule has 0 aliphatic heterocycles. The lowest BCUT2D eigenvalue weighted by molar-refractivity contribution is 0.0635. The van der Waals surface area contributed by atoms with Crippen molar-refractivity contribution < 1.29 is 9.53 Å². The van der Waals surface area contributed by atoms with E-state index in [1.54, 1.807) is 20.8 Å². The van der Waals surface area contributed by atoms with Gasteiger partial charge in [0.1, 0.15) is 10.8 Å². The molecule has 0 radical (unpaired) electrons. The molecule has 0 unspecified atom stereocenters. The number of halogens is 2. The van der Waals surface area contributed by atoms with Crippen LogP contribution in [-0.4, -0.2) is 21.7 Å². The third-order valence-corrected chi connectivity index (χ3v) is 1.77. The van der Waals surface area contributed by atoms with Gasteiger partial charge < -0.3 is 4.74 Å². The summed E-state index contributed by atoms with van der Waals surface area (Å²) in [5.74, 6) is 0.111. The molecule has 1 aromatic heterocycles. The summed E-state index contributed by atoms with van der Waals surface area (Å²) in [5, 5.41) is 2.53. The smallest absolute Gasteiger partial charge is 0.413 e. The second-order valence-corrected chi connectivity index (χ2v) is 4.70. The summed E-state index contributed by atoms with van der Waals surface area (Å²) >= 11 is 11.3. The predicted octanol–water partition coefficient (Wildman–Crippen LogP) is 3.13. The highest BCUT2D eigenvalue weighted by atomic mass is 35.5. The SMILES string of the molecule is CC(C)(C)OC(=O)Nc1ncc(Cl)nc1Cl. The van der Waals surface area contributed by atoms with Crippen LogP contribution in [-0.2, 0) is 4.74 Å². The van der Waals surface area contributed by atoms with E-state index in [1.807, 2.05) is 0 Å². The van der Waals surface area contributed by atoms with Gasteiger partial charge in [-0.1, -0.05) is 23.2 Å². The van der Waals surface area contributed by atoms with E-state index in [9.17, 15) is 4.79 Å². The molecule has 1 heterocycles. The first kappa shape index (κ1) is 13.0. The van der Waals surface area contributed by atoms with Gasteiger partial charge in [0.25, 0.3) is 0 Å². The van der Waals surface area contributed by atoms with Gasteiger partial charge >= 0.3 is 6.09 Å². The maximum Gasteiger partial charge on any atom is 0.413 e. The molecule has 0 spiro atoms. The summed E-state index contributed by atoms with van der Waals surface area (Å²) in [7, 11) is 0. The summed E-state index contributed by atoms with van der Waals surface area (Å²) in [6, 6.07) is 0. The Morgan fingerprint density at radius 3 is 2.56 bits per heavy atom. The molecule has 0 aliphatic carbocycles. The molecular weight excluding hydrogens is 253 g/mol. The van der Waals surface area contributed by atoms with E-state index < -0.39 is 11.7 Å². The lowest BCUT2D eigenvalue weighted by atomic mass is 10.2. The monoisotopic (exact) mass is 263 g/mol. The molecule has 88 valence electrons. The normalized spacial score (nSPS) is 11.1. The van der Waals surface area contributed by atoms with Crippen LogP contribution in [0.2, 0.25) is 10.3 Å². The predicted molar refractivity (Wildman–Crippen MR) is 61.9 cm³/mol. The molecule has 7 heteroatoms. The summed E-state index contributed by atoms with van der Waals surface area (Å²) in [4.78, 5) is 18.9. The average molecular weight is 264 g/mol. The van der Waals surface area contributed by atoms with Crippen molar-refractivity contribution in [3.63, 3.8) is 0 Å². The Kier molecular flexibility index (Phi) is 3.93. The zero-order valence-electron chi connectivity index (χ0n) is 9.04. The Labute approximate surface area is 103 Å². The van der Waals surface area contributed by atoms with Crippen molar-refractivity contribution in [1.82, 2.24) is 9.97 Å². The first-order valence-corrected chi connectivity index (χ1v) is 5.21. The van der Waals surface area contributed by atoms with Crippen molar-refractivity contribution in [3.05, 3.63) is 16.5 Å². The van der Waals surface area contributed by atoms with Gasteiger partial charge in [0.15, 0.2) is 11.0 Å². The number of carbonyl (C=O) groups is 1. The van der Waals surface area contributed by atoms with Crippen molar-refractivity contribution in [1.29, 1.82) is 0 Å². The van der Waals surface area contributed by atoms with Crippen molar-refractivity contribution in [2.24, 2.45) is 0 Å². The fourth-order valence-corrected chi connectivity index (χ4v) is 1.19. The third-order valence-electron chi connectivity index (χ3n) is 1.32. The zero-order chi connectivity index (χ0) is 12.3. The molecule has 0 fully saturated rings. The lowest BCUT2D eigenvalue weighted by Crippen LogP contribution is -2.27. The zero-order valence-corrected chi connectivity index (χ0v) is 10.6. The first-order chi connectivity index (χ1) is 7.28. The van der Waals surface area contributed by atoms with E-state index in [2.05, 4.69) is 15.3 Å². The Hall–Kier alpha value is -1.07. The van der Waals surface area contributed by atoms with E-state index in [1.165, 1.54) is 6.20 Å². The fraction of sp³-hybridized carbons (Fsp3) is 0.444. The molecule has 0 saturated carbocycles. The molecular formula is C9H11Cl2N3O2. The number of aromatic nitrogens is 2. The largest absolute Gasteiger partial charge is 0.444 e. The molecule has 0 aliphatic rings. The van der Waals surface area contributed by atoms with Gasteiger partial charge in [-0.25, -0.2) is 14.8 Å². The van der Waals surface area contributed by atoms with Gasteiger partial charge in [-0.2, -0.15) is 0 Å². The number of ether oxygens (including phenoxy) is 1. The number of nitrogens with one attached hydrogen (secondary N) is 1. The fourth-order valence-electron chi connectivity index (χ4n) is 0.831. The van der Waals surface area contributed by atoms with Crippen molar-refractivity contribution in [2.45, 2.75) is 26.4 Å². The minimum atomic E-state index is -0.647. The minimum Gasteiger partial charge on any atom is -0.444 e. The van der Waals surface area contributed by atoms with E-state index in [-0.39, 0.29) is 16.1 Å². The Morgan fingerprint density at radius 1 is 1.44 bits per heavy atom. The van der Waals surface area contributed by atoms with Crippen molar-refractivity contribution in [3.8, 4) is 0 Å². The van der Waals surface area contributed by atoms with Crippen LogP contribution in [0.1, 0.15) is 20.8 Å². The number of hydrogen-bond acceptors (Lipinski definition) is 4. The van der Waals surface area contributed by atoms with Gasteiger partial charge in [0, 0.05) is 0 Å². The summed E-state index contributed by atoms with van der Waals surface area (Å²) in [6.45, 7) is 5.26. The van der Waals surface area contributed by atoms with E-state index in [0.29, 0.717) is 0 Å². The summed E-state index contributed by atoms with van der Waals surface area (Å²) in [6.07, 6.45) is 0.631. The van der Waals surface area contributed by atoms with Crippen LogP contribution in [0.4, 0.5) is 10.6 Å². The second kappa shape index (κ2) is 4.84. The highest BCUT2D eigenvalue weighted by Crippen LogP contribution is 2.19. The van der Waals surface area contributed by atoms with E-state index >= 15 is 0 Å². The number of nitrogens with zero attached hydrogens (tertiary/aromatic N) is 2. The Bertz CT molecular complexity index is 404. The molecule has 0 bridgehead atoms. The van der Waals surface area contributed by atoms with Gasteiger partial charge in [0.05, 0.1) is 6.20 Å². The standard InChI is InChI=1S/C9H11Cl2N3O2/c1-9(2,3)16-8(15)14-7-6(11)13-5(10)4-12-7/h4H,1-3H3,(H,12,14,15). The quantitative estimate of drug-likeness (QED) is 0.846. The second-order valence-electron chi connectivity index (χ2n) is 3.96. The van der Waals surface area contributed by atoms with Crippen LogP contribution in [0, 0.1) is 0 Å². The van der Waals surface area contributed by atoms with E-state index in [4.69, 9.17) is 27.9 Å². The summed E-state index contributed by atoms with van der Waals surface area (Å²) in [5.41, 5.74) is -0.587. The maximum absolute atomic E-state index is 11.4. The van der Waals surface area contributed by atoms with Crippen LogP contribution in [0.5, 0.6) is 0 Å². The topological polar surface area (TPSA) is 64.1 Å². The third kappa shape index (κ3) is 4.20. The molecule has 5 nitrogen and oxygen atoms in total. The van der Waals surface area contributed by atoms with E-state index in [0.717, 1.165) is 0 Å². The Morgan fingerprint density at radius 2 is 2.06 bits per heavy atom. The van der Waals surface area contributed by atoms with Crippen LogP contribution >= 0.6 is 23.2 Å². The van der Waals surface area contributed by atoms with Gasteiger partial charge in [-0.15, -0.1) is 0 Å². The molecule has 16 heavy (non-hydrogen) atoms. The van der Waals surface area contributed by atoms with Crippen molar-refractivity contribution in [2.75, 3.05) is 5.32 Å². The molecule has 0 atom stereocenters. The van der Waals surface area contributed by atoms with Crippen LogP contribution in [0.25, 0.3) is 0 Å². The number of amides is 1. The number of rotatable bonds is 1. The maximum atomic E-state index is 11.4. The van der Waals surface area contributed by atoms with Gasteiger partial charge in [0.2, 0.25) is 0 Å². The molecule has 1 rings (SSSR count). The molecule has 1 N–H and O–H groups in total. The molecule has 1 amide bonds.